The van der Waals surface area contributed by atoms with Crippen molar-refractivity contribution < 1.29 is 8.83 Å². The third kappa shape index (κ3) is 4.92. The maximum Gasteiger partial charge on any atom is 0.159 e. The van der Waals surface area contributed by atoms with Crippen LogP contribution in [0.5, 0.6) is 0 Å². The highest BCUT2D eigenvalue weighted by atomic mass is 16.3. The second kappa shape index (κ2) is 12.5. The van der Waals surface area contributed by atoms with Crippen molar-refractivity contribution in [2.24, 2.45) is 0 Å². The molecule has 0 fully saturated rings. The fourth-order valence-electron chi connectivity index (χ4n) is 8.98. The van der Waals surface area contributed by atoms with Gasteiger partial charge in [-0.15, -0.1) is 0 Å². The van der Waals surface area contributed by atoms with Crippen molar-refractivity contribution in [2.75, 3.05) is 4.90 Å². The summed E-state index contributed by atoms with van der Waals surface area (Å²) < 4.78 is 13.2. The number of rotatable bonds is 5. The normalized spacial score (nSPS) is 11.9. The summed E-state index contributed by atoms with van der Waals surface area (Å²) in [7, 11) is 0. The number of hydrogen-bond donors (Lipinski definition) is 0. The van der Waals surface area contributed by atoms with Crippen molar-refractivity contribution in [1.82, 2.24) is 0 Å². The van der Waals surface area contributed by atoms with Gasteiger partial charge in [-0.1, -0.05) is 152 Å². The third-order valence-corrected chi connectivity index (χ3v) is 11.7. The van der Waals surface area contributed by atoms with E-state index < -0.39 is 0 Å². The largest absolute Gasteiger partial charge is 0.455 e. The molecule has 0 amide bonds. The lowest BCUT2D eigenvalue weighted by atomic mass is 9.94. The Bertz CT molecular complexity index is 3530. The van der Waals surface area contributed by atoms with Crippen LogP contribution in [0.25, 0.3) is 98.4 Å². The maximum atomic E-state index is 6.71. The van der Waals surface area contributed by atoms with E-state index in [1.807, 2.05) is 12.1 Å². The van der Waals surface area contributed by atoms with Crippen molar-refractivity contribution >= 4 is 93.3 Å². The molecule has 2 aromatic heterocycles. The Balaban J connectivity index is 1.05. The molecule has 0 aliphatic carbocycles. The minimum Gasteiger partial charge on any atom is -0.455 e. The Kier molecular flexibility index (Phi) is 6.93. The van der Waals surface area contributed by atoms with E-state index in [1.165, 1.54) is 38.1 Å². The summed E-state index contributed by atoms with van der Waals surface area (Å²) in [6.07, 6.45) is 0. The molecule has 3 nitrogen and oxygen atoms in total. The summed E-state index contributed by atoms with van der Waals surface area (Å²) in [4.78, 5) is 2.35. The number of nitrogens with zero attached hydrogens (tertiary/aromatic N) is 1. The van der Waals surface area contributed by atoms with Crippen LogP contribution >= 0.6 is 0 Å². The van der Waals surface area contributed by atoms with Crippen LogP contribution in [-0.2, 0) is 0 Å². The van der Waals surface area contributed by atoms with Gasteiger partial charge in [0.2, 0.25) is 0 Å². The van der Waals surface area contributed by atoms with Gasteiger partial charge in [-0.05, 0) is 92.2 Å². The molecule has 10 aromatic carbocycles. The molecule has 3 heteroatoms. The Morgan fingerprint density at radius 1 is 0.298 bits per heavy atom. The van der Waals surface area contributed by atoms with Crippen LogP contribution < -0.4 is 4.90 Å². The Labute approximate surface area is 328 Å². The van der Waals surface area contributed by atoms with Gasteiger partial charge < -0.3 is 13.7 Å². The van der Waals surface area contributed by atoms with Crippen LogP contribution in [0.15, 0.2) is 209 Å². The quantitative estimate of drug-likeness (QED) is 0.165. The first-order valence-corrected chi connectivity index (χ1v) is 19.4. The van der Waals surface area contributed by atoms with Crippen molar-refractivity contribution in [2.45, 2.75) is 0 Å². The lowest BCUT2D eigenvalue weighted by Crippen LogP contribution is -2.11. The zero-order valence-corrected chi connectivity index (χ0v) is 30.8. The molecule has 0 spiro atoms. The van der Waals surface area contributed by atoms with Crippen molar-refractivity contribution in [1.29, 1.82) is 0 Å². The minimum absolute atomic E-state index is 0.849. The molecule has 0 N–H and O–H groups in total. The molecular weight excluding hydrogens is 695 g/mol. The molecule has 266 valence electrons. The number of furan rings is 2. The second-order valence-corrected chi connectivity index (χ2v) is 14.8. The maximum absolute atomic E-state index is 6.71. The molecule has 12 aromatic rings. The molecule has 0 bridgehead atoms. The lowest BCUT2D eigenvalue weighted by molar-refractivity contribution is 0.669. The van der Waals surface area contributed by atoms with Crippen molar-refractivity contribution in [3.8, 4) is 22.3 Å². The van der Waals surface area contributed by atoms with Gasteiger partial charge in [0, 0.05) is 38.2 Å². The molecule has 0 aliphatic rings. The smallest absolute Gasteiger partial charge is 0.159 e. The van der Waals surface area contributed by atoms with E-state index >= 15 is 0 Å². The van der Waals surface area contributed by atoms with E-state index in [0.29, 0.717) is 0 Å². The first-order valence-electron chi connectivity index (χ1n) is 19.4. The average Bonchev–Trinajstić information content (AvgIpc) is 3.86. The highest BCUT2D eigenvalue weighted by molar-refractivity contribution is 6.16. The van der Waals surface area contributed by atoms with Crippen molar-refractivity contribution in [3.63, 3.8) is 0 Å². The predicted octanol–water partition coefficient (Wildman–Crippen LogP) is 15.7. The third-order valence-electron chi connectivity index (χ3n) is 11.7. The minimum atomic E-state index is 0.849. The monoisotopic (exact) mass is 727 g/mol. The van der Waals surface area contributed by atoms with Crippen molar-refractivity contribution in [3.05, 3.63) is 200 Å². The molecule has 0 saturated carbocycles. The van der Waals surface area contributed by atoms with Gasteiger partial charge in [0.1, 0.15) is 16.7 Å². The molecule has 0 unspecified atom stereocenters. The van der Waals surface area contributed by atoms with Gasteiger partial charge in [-0.25, -0.2) is 0 Å². The first-order chi connectivity index (χ1) is 28.3. The van der Waals surface area contributed by atoms with Crippen LogP contribution in [0.4, 0.5) is 17.1 Å². The standard InChI is InChI=1S/C54H33NO2/c1-3-13-39-34(11-1)25-30-44-40(17-9-18-43(39)44)36-23-28-38(29-24-36)55(50-21-10-19-46-45-16-6-8-22-51(45)57-54(46)50)49-20-7-5-14-41(49)37-27-32-52-48(33-37)47-31-26-35-12-2-4-15-42(35)53(47)56-52/h1-33H. The van der Waals surface area contributed by atoms with Crippen LogP contribution in [0.1, 0.15) is 0 Å². The topological polar surface area (TPSA) is 29.5 Å². The molecule has 0 saturated heterocycles. The van der Waals surface area contributed by atoms with E-state index in [1.54, 1.807) is 0 Å². The average molecular weight is 728 g/mol. The molecule has 0 radical (unpaired) electrons. The fourth-order valence-corrected chi connectivity index (χ4v) is 8.98. The van der Waals surface area contributed by atoms with E-state index in [2.05, 4.69) is 193 Å². The summed E-state index contributed by atoms with van der Waals surface area (Å²) in [6.45, 7) is 0. The molecule has 57 heavy (non-hydrogen) atoms. The van der Waals surface area contributed by atoms with Gasteiger partial charge in [-0.2, -0.15) is 0 Å². The van der Waals surface area contributed by atoms with E-state index in [9.17, 15) is 0 Å². The summed E-state index contributed by atoms with van der Waals surface area (Å²) in [5.74, 6) is 0. The highest BCUT2D eigenvalue weighted by Gasteiger charge is 2.23. The fraction of sp³-hybridized carbons (Fsp3) is 0. The van der Waals surface area contributed by atoms with Gasteiger partial charge in [0.25, 0.3) is 0 Å². The predicted molar refractivity (Wildman–Crippen MR) is 239 cm³/mol. The lowest BCUT2D eigenvalue weighted by Gasteiger charge is -2.28. The number of benzene rings is 10. The van der Waals surface area contributed by atoms with E-state index in [0.717, 1.165) is 77.5 Å². The Hall–Kier alpha value is -7.62. The molecular formula is C54H33NO2. The SMILES string of the molecule is c1ccc(N(c2ccc(-c3cccc4c3ccc3ccccc34)cc2)c2cccc3c2oc2ccccc23)c(-c2ccc3oc4c5ccccc5ccc4c3c2)c1. The summed E-state index contributed by atoms with van der Waals surface area (Å²) in [5.41, 5.74) is 11.2. The van der Waals surface area contributed by atoms with Gasteiger partial charge >= 0.3 is 0 Å². The van der Waals surface area contributed by atoms with Gasteiger partial charge in [0.05, 0.1) is 11.4 Å². The second-order valence-electron chi connectivity index (χ2n) is 14.8. The highest BCUT2D eigenvalue weighted by Crippen LogP contribution is 2.47. The molecule has 2 heterocycles. The van der Waals surface area contributed by atoms with E-state index in [-0.39, 0.29) is 0 Å². The summed E-state index contributed by atoms with van der Waals surface area (Å²) >= 11 is 0. The van der Waals surface area contributed by atoms with Gasteiger partial charge in [-0.3, -0.25) is 0 Å². The molecule has 12 rings (SSSR count). The number of para-hydroxylation sites is 3. The summed E-state index contributed by atoms with van der Waals surface area (Å²) in [6, 6.07) is 71.5. The summed E-state index contributed by atoms with van der Waals surface area (Å²) in [5, 5.41) is 11.7. The Morgan fingerprint density at radius 3 is 1.75 bits per heavy atom. The number of fused-ring (bicyclic) bond motifs is 11. The number of anilines is 3. The van der Waals surface area contributed by atoms with Crippen LogP contribution in [0.3, 0.4) is 0 Å². The zero-order chi connectivity index (χ0) is 37.5. The van der Waals surface area contributed by atoms with Gasteiger partial charge in [0.15, 0.2) is 5.58 Å². The van der Waals surface area contributed by atoms with E-state index in [4.69, 9.17) is 8.83 Å². The molecule has 0 aliphatic heterocycles. The zero-order valence-electron chi connectivity index (χ0n) is 30.8. The van der Waals surface area contributed by atoms with Crippen LogP contribution in [0.2, 0.25) is 0 Å². The Morgan fingerprint density at radius 2 is 0.877 bits per heavy atom. The van der Waals surface area contributed by atoms with Crippen LogP contribution in [0, 0.1) is 0 Å². The van der Waals surface area contributed by atoms with Crippen LogP contribution in [-0.4, -0.2) is 0 Å². The first kappa shape index (κ1) is 31.7. The number of hydrogen-bond acceptors (Lipinski definition) is 3. The molecule has 0 atom stereocenters.